The van der Waals surface area contributed by atoms with Gasteiger partial charge in [0.15, 0.2) is 0 Å². The second-order valence-corrected chi connectivity index (χ2v) is 6.39. The third-order valence-corrected chi connectivity index (χ3v) is 4.74. The highest BCUT2D eigenvalue weighted by atomic mass is 16.7. The summed E-state index contributed by atoms with van der Waals surface area (Å²) in [5.41, 5.74) is 2.45. The first kappa shape index (κ1) is 17.2. The largest absolute Gasteiger partial charge is 0.508 e. The Morgan fingerprint density at radius 2 is 1.96 bits per heavy atom. The number of hydrogen-bond donors (Lipinski definition) is 5. The molecule has 0 amide bonds. The second kappa shape index (κ2) is 6.34. The van der Waals surface area contributed by atoms with Crippen molar-refractivity contribution >= 4 is 0 Å². The smallest absolute Gasteiger partial charge is 0.229 e. The number of phenols is 1. The molecule has 1 fully saturated rings. The molecule has 0 bridgehead atoms. The molecule has 5 N–H and O–H groups in total. The van der Waals surface area contributed by atoms with Gasteiger partial charge < -0.3 is 35.0 Å². The van der Waals surface area contributed by atoms with Crippen LogP contribution in [0.2, 0.25) is 0 Å². The van der Waals surface area contributed by atoms with E-state index in [9.17, 15) is 25.5 Å². The molecule has 0 radical (unpaired) electrons. The molecule has 0 unspecified atom stereocenters. The molecule has 0 spiro atoms. The first-order chi connectivity index (χ1) is 11.3. The third kappa shape index (κ3) is 2.68. The Labute approximate surface area is 139 Å². The molecular weight excluding hydrogens is 316 g/mol. The van der Waals surface area contributed by atoms with Crippen molar-refractivity contribution in [1.82, 2.24) is 0 Å². The van der Waals surface area contributed by atoms with Crippen LogP contribution in [0.1, 0.15) is 24.0 Å². The van der Waals surface area contributed by atoms with Gasteiger partial charge in [0.25, 0.3) is 0 Å². The molecule has 1 aliphatic carbocycles. The molecule has 1 aromatic carbocycles. The predicted molar refractivity (Wildman–Crippen MR) is 83.8 cm³/mol. The van der Waals surface area contributed by atoms with E-state index >= 15 is 0 Å². The zero-order valence-corrected chi connectivity index (χ0v) is 13.3. The van der Waals surface area contributed by atoms with Crippen LogP contribution in [0.3, 0.4) is 0 Å². The van der Waals surface area contributed by atoms with Gasteiger partial charge in [-0.25, -0.2) is 0 Å². The summed E-state index contributed by atoms with van der Waals surface area (Å²) in [7, 11) is 0. The van der Waals surface area contributed by atoms with E-state index in [0.717, 1.165) is 16.7 Å². The van der Waals surface area contributed by atoms with E-state index in [4.69, 9.17) is 9.47 Å². The molecule has 24 heavy (non-hydrogen) atoms. The molecule has 7 nitrogen and oxygen atoms in total. The van der Waals surface area contributed by atoms with E-state index in [0.29, 0.717) is 12.2 Å². The van der Waals surface area contributed by atoms with Crippen molar-refractivity contribution in [2.24, 2.45) is 0 Å². The van der Waals surface area contributed by atoms with Crippen molar-refractivity contribution in [3.05, 3.63) is 35.4 Å². The number of phenolic OH excluding ortho intramolecular Hbond substituents is 1. The van der Waals surface area contributed by atoms with Gasteiger partial charge in [-0.05, 0) is 25.5 Å². The van der Waals surface area contributed by atoms with E-state index in [-0.39, 0.29) is 11.7 Å². The highest BCUT2D eigenvalue weighted by Gasteiger charge is 2.45. The number of aromatic hydroxyl groups is 1. The van der Waals surface area contributed by atoms with Crippen LogP contribution in [0.25, 0.3) is 0 Å². The van der Waals surface area contributed by atoms with Crippen LogP contribution in [0.5, 0.6) is 11.5 Å². The minimum Gasteiger partial charge on any atom is -0.508 e. The van der Waals surface area contributed by atoms with Crippen LogP contribution in [-0.4, -0.2) is 62.8 Å². The lowest BCUT2D eigenvalue weighted by atomic mass is 9.73. The average molecular weight is 338 g/mol. The Balaban J connectivity index is 1.86. The Kier molecular flexibility index (Phi) is 4.54. The van der Waals surface area contributed by atoms with Gasteiger partial charge in [0.1, 0.15) is 35.9 Å². The summed E-state index contributed by atoms with van der Waals surface area (Å²) < 4.78 is 11.1. The van der Waals surface area contributed by atoms with Crippen LogP contribution >= 0.6 is 0 Å². The summed E-state index contributed by atoms with van der Waals surface area (Å²) in [4.78, 5) is 0. The van der Waals surface area contributed by atoms with Gasteiger partial charge in [0, 0.05) is 17.0 Å². The van der Waals surface area contributed by atoms with Crippen molar-refractivity contribution in [2.75, 3.05) is 6.61 Å². The van der Waals surface area contributed by atoms with E-state index in [1.807, 2.05) is 6.92 Å². The molecule has 1 aliphatic heterocycles. The topological polar surface area (TPSA) is 120 Å². The van der Waals surface area contributed by atoms with Crippen LogP contribution in [0, 0.1) is 0 Å². The van der Waals surface area contributed by atoms with Gasteiger partial charge in [-0.15, -0.1) is 0 Å². The molecule has 6 atom stereocenters. The van der Waals surface area contributed by atoms with Crippen LogP contribution in [0.15, 0.2) is 24.3 Å². The first-order valence-electron chi connectivity index (χ1n) is 7.82. The number of aliphatic hydroxyl groups is 4. The van der Waals surface area contributed by atoms with Gasteiger partial charge >= 0.3 is 0 Å². The maximum atomic E-state index is 10.1. The standard InChI is InChI=1S/C17H22O7/c1-7(2)8-5-9-10(19)3-4-11(13(8)9)23-17-16(22)15(21)14(20)12(6-18)24-17/h3-4,8,12,14-22H,1,5-6H2,2H3/t8-,12+,14+,15-,16+,17+/m1/s1. The maximum absolute atomic E-state index is 10.1. The highest BCUT2D eigenvalue weighted by Crippen LogP contribution is 2.49. The van der Waals surface area contributed by atoms with Gasteiger partial charge in [-0.3, -0.25) is 0 Å². The summed E-state index contributed by atoms with van der Waals surface area (Å²) >= 11 is 0. The molecule has 0 saturated carbocycles. The summed E-state index contributed by atoms with van der Waals surface area (Å²) in [5.74, 6) is 0.613. The Morgan fingerprint density at radius 1 is 1.25 bits per heavy atom. The second-order valence-electron chi connectivity index (χ2n) is 6.39. The molecule has 7 heteroatoms. The lowest BCUT2D eigenvalue weighted by molar-refractivity contribution is -0.277. The Hall–Kier alpha value is -1.64. The van der Waals surface area contributed by atoms with Gasteiger partial charge in [0.2, 0.25) is 6.29 Å². The average Bonchev–Trinajstić information content (AvgIpc) is 2.50. The quantitative estimate of drug-likeness (QED) is 0.482. The summed E-state index contributed by atoms with van der Waals surface area (Å²) in [5, 5.41) is 48.9. The van der Waals surface area contributed by atoms with Gasteiger partial charge in [-0.2, -0.15) is 0 Å². The molecule has 3 rings (SSSR count). The maximum Gasteiger partial charge on any atom is 0.229 e. The van der Waals surface area contributed by atoms with Gasteiger partial charge in [0.05, 0.1) is 6.61 Å². The zero-order chi connectivity index (χ0) is 17.6. The minimum atomic E-state index is -1.50. The number of fused-ring (bicyclic) bond motifs is 1. The molecule has 2 aliphatic rings. The highest BCUT2D eigenvalue weighted by molar-refractivity contribution is 5.59. The van der Waals surface area contributed by atoms with E-state index in [2.05, 4.69) is 6.58 Å². The van der Waals surface area contributed by atoms with Crippen molar-refractivity contribution in [1.29, 1.82) is 0 Å². The van der Waals surface area contributed by atoms with Crippen LogP contribution in [-0.2, 0) is 11.2 Å². The number of ether oxygens (including phenoxy) is 2. The summed E-state index contributed by atoms with van der Waals surface area (Å²) in [6.07, 6.45) is -6.04. The van der Waals surface area contributed by atoms with E-state index < -0.39 is 37.3 Å². The lowest BCUT2D eigenvalue weighted by Crippen LogP contribution is -2.60. The molecule has 132 valence electrons. The summed E-state index contributed by atoms with van der Waals surface area (Å²) in [6.45, 7) is 5.30. The zero-order valence-electron chi connectivity index (χ0n) is 13.3. The van der Waals surface area contributed by atoms with E-state index in [1.165, 1.54) is 6.07 Å². The number of rotatable bonds is 4. The van der Waals surface area contributed by atoms with Gasteiger partial charge in [-0.1, -0.05) is 12.2 Å². The number of benzene rings is 1. The Morgan fingerprint density at radius 3 is 2.58 bits per heavy atom. The Bertz CT molecular complexity index is 642. The fraction of sp³-hybridized carbons (Fsp3) is 0.529. The normalized spacial score (nSPS) is 35.0. The van der Waals surface area contributed by atoms with Crippen LogP contribution in [0.4, 0.5) is 0 Å². The number of allylic oxidation sites excluding steroid dienone is 1. The monoisotopic (exact) mass is 338 g/mol. The van der Waals surface area contributed by atoms with Crippen molar-refractivity contribution < 1.29 is 35.0 Å². The van der Waals surface area contributed by atoms with E-state index in [1.54, 1.807) is 6.07 Å². The number of aliphatic hydroxyl groups excluding tert-OH is 4. The molecule has 1 aromatic rings. The summed E-state index contributed by atoms with van der Waals surface area (Å²) in [6, 6.07) is 3.05. The molecule has 1 saturated heterocycles. The lowest BCUT2D eigenvalue weighted by Gasteiger charge is -2.41. The van der Waals surface area contributed by atoms with Crippen molar-refractivity contribution in [2.45, 2.75) is 50.0 Å². The first-order valence-corrected chi connectivity index (χ1v) is 7.82. The fourth-order valence-electron chi connectivity index (χ4n) is 3.22. The SMILES string of the molecule is C=C(C)[C@H]1Cc2c(O)ccc(O[C@H]3O[C@@H](CO)[C@H](O)[C@@H](O)[C@@H]3O)c21. The number of hydrogen-bond acceptors (Lipinski definition) is 7. The fourth-order valence-corrected chi connectivity index (χ4v) is 3.22. The van der Waals surface area contributed by atoms with Crippen molar-refractivity contribution in [3.8, 4) is 11.5 Å². The van der Waals surface area contributed by atoms with Crippen molar-refractivity contribution in [3.63, 3.8) is 0 Å². The molecule has 1 heterocycles. The predicted octanol–water partition coefficient (Wildman–Crippen LogP) is -0.213. The van der Waals surface area contributed by atoms with Crippen LogP contribution < -0.4 is 4.74 Å². The molecular formula is C17H22O7. The third-order valence-electron chi connectivity index (χ3n) is 4.74. The minimum absolute atomic E-state index is 0.0342. The molecule has 0 aromatic heterocycles.